The Hall–Kier alpha value is -0.570. The van der Waals surface area contributed by atoms with Crippen molar-refractivity contribution in [3.05, 3.63) is 0 Å². The molecular weight excluding hydrogens is 200 g/mol. The van der Waals surface area contributed by atoms with Crippen LogP contribution in [0.1, 0.15) is 46.5 Å². The first-order valence-electron chi connectivity index (χ1n) is 6.46. The maximum atomic E-state index is 12.3. The van der Waals surface area contributed by atoms with Crippen molar-refractivity contribution in [2.45, 2.75) is 52.5 Å². The van der Waals surface area contributed by atoms with Crippen molar-refractivity contribution in [1.82, 2.24) is 10.6 Å². The van der Waals surface area contributed by atoms with E-state index in [2.05, 4.69) is 31.4 Å². The molecule has 1 amide bonds. The van der Waals surface area contributed by atoms with Crippen LogP contribution >= 0.6 is 0 Å². The number of nitrogens with one attached hydrogen (secondary N) is 2. The lowest BCUT2D eigenvalue weighted by Crippen LogP contribution is -2.48. The first-order valence-corrected chi connectivity index (χ1v) is 6.46. The van der Waals surface area contributed by atoms with Crippen LogP contribution in [0.5, 0.6) is 0 Å². The SMILES string of the molecule is CC1(C(=O)NC2CCCC2(C)C)CCNC1. The van der Waals surface area contributed by atoms with Crippen LogP contribution in [0.3, 0.4) is 0 Å². The molecule has 2 unspecified atom stereocenters. The summed E-state index contributed by atoms with van der Waals surface area (Å²) in [5, 5.41) is 6.55. The Labute approximate surface area is 98.4 Å². The molecule has 3 nitrogen and oxygen atoms in total. The lowest BCUT2D eigenvalue weighted by molar-refractivity contribution is -0.130. The van der Waals surface area contributed by atoms with E-state index >= 15 is 0 Å². The topological polar surface area (TPSA) is 41.1 Å². The predicted molar refractivity (Wildman–Crippen MR) is 65.2 cm³/mol. The zero-order valence-electron chi connectivity index (χ0n) is 10.7. The van der Waals surface area contributed by atoms with Gasteiger partial charge in [-0.25, -0.2) is 0 Å². The minimum atomic E-state index is -0.182. The van der Waals surface area contributed by atoms with Crippen LogP contribution in [0.2, 0.25) is 0 Å². The van der Waals surface area contributed by atoms with Crippen molar-refractivity contribution in [3.8, 4) is 0 Å². The van der Waals surface area contributed by atoms with E-state index in [9.17, 15) is 4.79 Å². The van der Waals surface area contributed by atoms with Gasteiger partial charge in [-0.2, -0.15) is 0 Å². The number of rotatable bonds is 2. The van der Waals surface area contributed by atoms with Crippen LogP contribution in [0.4, 0.5) is 0 Å². The molecule has 1 aliphatic carbocycles. The van der Waals surface area contributed by atoms with Gasteiger partial charge in [0.05, 0.1) is 5.41 Å². The van der Waals surface area contributed by atoms with E-state index in [1.807, 2.05) is 0 Å². The highest BCUT2D eigenvalue weighted by molar-refractivity contribution is 5.83. The Kier molecular flexibility index (Phi) is 2.99. The molecular formula is C13H24N2O. The van der Waals surface area contributed by atoms with Crippen LogP contribution in [0.25, 0.3) is 0 Å². The van der Waals surface area contributed by atoms with Crippen molar-refractivity contribution in [1.29, 1.82) is 0 Å². The Morgan fingerprint density at radius 3 is 2.56 bits per heavy atom. The van der Waals surface area contributed by atoms with Crippen molar-refractivity contribution in [3.63, 3.8) is 0 Å². The monoisotopic (exact) mass is 224 g/mol. The molecule has 16 heavy (non-hydrogen) atoms. The molecule has 0 spiro atoms. The first-order chi connectivity index (χ1) is 7.44. The predicted octanol–water partition coefficient (Wildman–Crippen LogP) is 1.68. The standard InChI is InChI=1S/C13H24N2O/c1-12(2)6-4-5-10(12)15-11(16)13(3)7-8-14-9-13/h10,14H,4-9H2,1-3H3,(H,15,16). The molecule has 0 aromatic heterocycles. The molecule has 2 fully saturated rings. The van der Waals surface area contributed by atoms with Gasteiger partial charge >= 0.3 is 0 Å². The largest absolute Gasteiger partial charge is 0.352 e. The zero-order valence-corrected chi connectivity index (χ0v) is 10.7. The summed E-state index contributed by atoms with van der Waals surface area (Å²) in [5.74, 6) is 0.248. The van der Waals surface area contributed by atoms with E-state index in [0.717, 1.165) is 25.9 Å². The van der Waals surface area contributed by atoms with Gasteiger partial charge in [-0.05, 0) is 38.1 Å². The zero-order chi connectivity index (χ0) is 11.8. The number of amides is 1. The number of hydrogen-bond acceptors (Lipinski definition) is 2. The molecule has 0 aromatic rings. The molecule has 2 atom stereocenters. The molecule has 2 N–H and O–H groups in total. The minimum Gasteiger partial charge on any atom is -0.352 e. The van der Waals surface area contributed by atoms with Crippen LogP contribution < -0.4 is 10.6 Å². The van der Waals surface area contributed by atoms with E-state index < -0.39 is 0 Å². The highest BCUT2D eigenvalue weighted by Crippen LogP contribution is 2.38. The second-order valence-electron chi connectivity index (χ2n) is 6.39. The summed E-state index contributed by atoms with van der Waals surface area (Å²) in [6.45, 7) is 8.40. The van der Waals surface area contributed by atoms with Gasteiger partial charge in [0, 0.05) is 12.6 Å². The molecule has 0 aromatic carbocycles. The minimum absolute atomic E-state index is 0.182. The summed E-state index contributed by atoms with van der Waals surface area (Å²) >= 11 is 0. The van der Waals surface area contributed by atoms with Crippen LogP contribution in [-0.2, 0) is 4.79 Å². The molecule has 1 saturated heterocycles. The summed E-state index contributed by atoms with van der Waals surface area (Å²) in [4.78, 5) is 12.3. The Bertz CT molecular complexity index is 280. The Morgan fingerprint density at radius 1 is 1.31 bits per heavy atom. The highest BCUT2D eigenvalue weighted by Gasteiger charge is 2.41. The molecule has 0 bridgehead atoms. The van der Waals surface area contributed by atoms with E-state index in [-0.39, 0.29) is 16.7 Å². The van der Waals surface area contributed by atoms with E-state index in [1.54, 1.807) is 0 Å². The third-order valence-electron chi connectivity index (χ3n) is 4.48. The quantitative estimate of drug-likeness (QED) is 0.749. The molecule has 1 heterocycles. The molecule has 1 saturated carbocycles. The molecule has 2 rings (SSSR count). The second-order valence-corrected chi connectivity index (χ2v) is 6.39. The van der Waals surface area contributed by atoms with Gasteiger partial charge in [0.15, 0.2) is 0 Å². The van der Waals surface area contributed by atoms with Crippen molar-refractivity contribution in [2.75, 3.05) is 13.1 Å². The van der Waals surface area contributed by atoms with Crippen molar-refractivity contribution >= 4 is 5.91 Å². The van der Waals surface area contributed by atoms with E-state index in [4.69, 9.17) is 0 Å². The lowest BCUT2D eigenvalue weighted by atomic mass is 9.84. The number of carbonyl (C=O) groups excluding carboxylic acids is 1. The van der Waals surface area contributed by atoms with Gasteiger partial charge in [0.2, 0.25) is 5.91 Å². The fraction of sp³-hybridized carbons (Fsp3) is 0.923. The van der Waals surface area contributed by atoms with Gasteiger partial charge in [-0.15, -0.1) is 0 Å². The maximum absolute atomic E-state index is 12.3. The third kappa shape index (κ3) is 2.10. The van der Waals surface area contributed by atoms with Gasteiger partial charge in [-0.3, -0.25) is 4.79 Å². The lowest BCUT2D eigenvalue weighted by Gasteiger charge is -2.31. The highest BCUT2D eigenvalue weighted by atomic mass is 16.2. The molecule has 2 aliphatic rings. The maximum Gasteiger partial charge on any atom is 0.227 e. The van der Waals surface area contributed by atoms with Crippen LogP contribution in [0.15, 0.2) is 0 Å². The summed E-state index contributed by atoms with van der Waals surface area (Å²) in [7, 11) is 0. The molecule has 1 aliphatic heterocycles. The van der Waals surface area contributed by atoms with E-state index in [1.165, 1.54) is 12.8 Å². The first kappa shape index (κ1) is 11.9. The summed E-state index contributed by atoms with van der Waals surface area (Å²) in [6.07, 6.45) is 4.58. The fourth-order valence-electron chi connectivity index (χ4n) is 2.94. The Morgan fingerprint density at radius 2 is 2.06 bits per heavy atom. The average Bonchev–Trinajstić information content (AvgIpc) is 2.75. The smallest absolute Gasteiger partial charge is 0.227 e. The Balaban J connectivity index is 1.97. The molecule has 3 heteroatoms. The van der Waals surface area contributed by atoms with E-state index in [0.29, 0.717) is 6.04 Å². The van der Waals surface area contributed by atoms with Crippen LogP contribution in [0, 0.1) is 10.8 Å². The molecule has 92 valence electrons. The number of carbonyl (C=O) groups is 1. The molecule has 0 radical (unpaired) electrons. The summed E-state index contributed by atoms with van der Waals surface area (Å²) < 4.78 is 0. The van der Waals surface area contributed by atoms with Gasteiger partial charge in [0.25, 0.3) is 0 Å². The van der Waals surface area contributed by atoms with Crippen LogP contribution in [-0.4, -0.2) is 25.0 Å². The second kappa shape index (κ2) is 4.02. The average molecular weight is 224 g/mol. The van der Waals surface area contributed by atoms with Crippen molar-refractivity contribution in [2.24, 2.45) is 10.8 Å². The van der Waals surface area contributed by atoms with Gasteiger partial charge in [-0.1, -0.05) is 20.3 Å². The third-order valence-corrected chi connectivity index (χ3v) is 4.48. The van der Waals surface area contributed by atoms with Gasteiger partial charge in [0.1, 0.15) is 0 Å². The normalized spacial score (nSPS) is 37.6. The van der Waals surface area contributed by atoms with Gasteiger partial charge < -0.3 is 10.6 Å². The number of hydrogen-bond donors (Lipinski definition) is 2. The summed E-state index contributed by atoms with van der Waals surface area (Å²) in [6, 6.07) is 0.373. The van der Waals surface area contributed by atoms with Crippen molar-refractivity contribution < 1.29 is 4.79 Å². The summed E-state index contributed by atoms with van der Waals surface area (Å²) in [5.41, 5.74) is 0.0940. The fourth-order valence-corrected chi connectivity index (χ4v) is 2.94.